The summed E-state index contributed by atoms with van der Waals surface area (Å²) >= 11 is 13.1. The lowest BCUT2D eigenvalue weighted by atomic mass is 9.88. The fourth-order valence-corrected chi connectivity index (χ4v) is 7.65. The lowest BCUT2D eigenvalue weighted by Gasteiger charge is -2.26. The van der Waals surface area contributed by atoms with E-state index in [0.717, 1.165) is 0 Å². The Morgan fingerprint density at radius 3 is 1.52 bits per heavy atom. The van der Waals surface area contributed by atoms with Crippen LogP contribution < -0.4 is 10.6 Å². The average molecular weight is 814 g/mol. The number of oxime groups is 2. The molecule has 0 aromatic heterocycles. The summed E-state index contributed by atoms with van der Waals surface area (Å²) in [4.78, 5) is 61.6. The number of amides is 2. The van der Waals surface area contributed by atoms with Gasteiger partial charge in [0, 0.05) is 13.1 Å². The fourth-order valence-electron chi connectivity index (χ4n) is 4.23. The van der Waals surface area contributed by atoms with Crippen LogP contribution in [0.4, 0.5) is 0 Å². The number of nitrogens with zero attached hydrogens (tertiary/aromatic N) is 2. The summed E-state index contributed by atoms with van der Waals surface area (Å²) in [5.41, 5.74) is -2.67. The molecule has 2 amide bonds. The van der Waals surface area contributed by atoms with Crippen molar-refractivity contribution in [1.29, 1.82) is 0 Å². The van der Waals surface area contributed by atoms with Crippen LogP contribution in [-0.2, 0) is 38.3 Å². The lowest BCUT2D eigenvalue weighted by molar-refractivity contribution is -0.132. The van der Waals surface area contributed by atoms with Crippen molar-refractivity contribution < 1.29 is 38.3 Å². The SMILES string of the molecule is COC1=C(Br)C(=O)[C@@]2(C=C1Br)CC(C(=O)NCCCCNC(=O)C1=NO[C@]3(C=C(Br)C(OC)=C(Br)C3=O)C1)=NO2. The van der Waals surface area contributed by atoms with E-state index in [2.05, 4.69) is 84.7 Å². The van der Waals surface area contributed by atoms with Crippen molar-refractivity contribution in [3.05, 3.63) is 41.6 Å². The monoisotopic (exact) mass is 810 g/mol. The summed E-state index contributed by atoms with van der Waals surface area (Å²) in [5, 5.41) is 13.1. The van der Waals surface area contributed by atoms with Crippen LogP contribution in [0.2, 0.25) is 0 Å². The van der Waals surface area contributed by atoms with Crippen LogP contribution in [0.15, 0.2) is 51.9 Å². The summed E-state index contributed by atoms with van der Waals surface area (Å²) in [6.45, 7) is 0.628. The molecule has 12 nitrogen and oxygen atoms in total. The van der Waals surface area contributed by atoms with E-state index in [9.17, 15) is 19.2 Å². The van der Waals surface area contributed by atoms with Crippen LogP contribution in [0, 0.1) is 0 Å². The topological polar surface area (TPSA) is 154 Å². The van der Waals surface area contributed by atoms with E-state index in [1.807, 2.05) is 0 Å². The number of carbonyl (C=O) groups excluding carboxylic acids is 4. The molecule has 4 rings (SSSR count). The predicted molar refractivity (Wildman–Crippen MR) is 157 cm³/mol. The first-order valence-electron chi connectivity index (χ1n) is 11.8. The minimum absolute atomic E-state index is 0.0337. The number of nitrogens with one attached hydrogen (secondary N) is 2. The molecule has 2 spiro atoms. The van der Waals surface area contributed by atoms with Gasteiger partial charge in [-0.1, -0.05) is 10.3 Å². The summed E-state index contributed by atoms with van der Waals surface area (Å²) in [7, 11) is 2.87. The molecule has 2 atom stereocenters. The average Bonchev–Trinajstić information content (AvgIpc) is 3.54. The molecular formula is C24H22Br4N4O8. The first-order chi connectivity index (χ1) is 19.0. The van der Waals surface area contributed by atoms with E-state index < -0.39 is 34.6 Å². The van der Waals surface area contributed by atoms with Crippen molar-refractivity contribution >= 4 is 98.5 Å². The number of ketones is 2. The molecule has 2 aliphatic heterocycles. The fraction of sp³-hybridized carbons (Fsp3) is 0.417. The second-order valence-corrected chi connectivity index (χ2v) is 12.2. The molecule has 16 heteroatoms. The smallest absolute Gasteiger partial charge is 0.269 e. The summed E-state index contributed by atoms with van der Waals surface area (Å²) < 4.78 is 11.8. The number of hydrogen-bond acceptors (Lipinski definition) is 10. The van der Waals surface area contributed by atoms with Crippen molar-refractivity contribution in [2.75, 3.05) is 27.3 Å². The minimum Gasteiger partial charge on any atom is -0.494 e. The maximum atomic E-state index is 12.8. The van der Waals surface area contributed by atoms with E-state index in [-0.39, 0.29) is 33.2 Å². The molecule has 0 radical (unpaired) electrons. The zero-order chi connectivity index (χ0) is 29.2. The summed E-state index contributed by atoms with van der Waals surface area (Å²) in [6.07, 6.45) is 4.10. The Morgan fingerprint density at radius 2 is 1.18 bits per heavy atom. The van der Waals surface area contributed by atoms with Gasteiger partial charge in [-0.3, -0.25) is 19.2 Å². The van der Waals surface area contributed by atoms with Gasteiger partial charge in [-0.2, -0.15) is 0 Å². The van der Waals surface area contributed by atoms with Crippen LogP contribution in [0.5, 0.6) is 0 Å². The van der Waals surface area contributed by atoms with E-state index in [1.54, 1.807) is 0 Å². The molecule has 4 aliphatic rings. The van der Waals surface area contributed by atoms with Gasteiger partial charge in [-0.15, -0.1) is 0 Å². The third-order valence-electron chi connectivity index (χ3n) is 6.32. The normalized spacial score (nSPS) is 25.8. The van der Waals surface area contributed by atoms with Gasteiger partial charge in [0.1, 0.15) is 20.4 Å². The molecule has 0 fully saturated rings. The number of hydrogen-bond donors (Lipinski definition) is 2. The van der Waals surface area contributed by atoms with Crippen LogP contribution in [0.25, 0.3) is 0 Å². The van der Waals surface area contributed by atoms with Gasteiger partial charge in [-0.05, 0) is 88.7 Å². The van der Waals surface area contributed by atoms with Crippen LogP contribution in [-0.4, -0.2) is 73.3 Å². The molecule has 0 aromatic carbocycles. The van der Waals surface area contributed by atoms with Crippen LogP contribution in [0.1, 0.15) is 25.7 Å². The number of halogens is 4. The second-order valence-electron chi connectivity index (χ2n) is 8.95. The van der Waals surface area contributed by atoms with Gasteiger partial charge in [0.15, 0.2) is 11.5 Å². The highest BCUT2D eigenvalue weighted by atomic mass is 79.9. The molecule has 0 saturated carbocycles. The third kappa shape index (κ3) is 5.72. The van der Waals surface area contributed by atoms with Gasteiger partial charge in [0.2, 0.25) is 22.8 Å². The molecule has 40 heavy (non-hydrogen) atoms. The van der Waals surface area contributed by atoms with E-state index in [1.165, 1.54) is 26.4 Å². The van der Waals surface area contributed by atoms with Crippen molar-refractivity contribution in [3.8, 4) is 0 Å². The number of allylic oxidation sites excluding steroid dienone is 2. The first-order valence-corrected chi connectivity index (χ1v) is 15.0. The first kappa shape index (κ1) is 30.7. The zero-order valence-corrected chi connectivity index (χ0v) is 27.4. The Hall–Kier alpha value is -2.30. The molecule has 0 aromatic rings. The van der Waals surface area contributed by atoms with E-state index >= 15 is 0 Å². The van der Waals surface area contributed by atoms with Crippen LogP contribution >= 0.6 is 63.7 Å². The minimum atomic E-state index is -1.42. The summed E-state index contributed by atoms with van der Waals surface area (Å²) in [6, 6.07) is 0. The highest BCUT2D eigenvalue weighted by molar-refractivity contribution is 9.13. The molecule has 2 heterocycles. The third-order valence-corrected chi connectivity index (χ3v) is 8.94. The Balaban J connectivity index is 1.18. The largest absolute Gasteiger partial charge is 0.494 e. The quantitative estimate of drug-likeness (QED) is 0.337. The van der Waals surface area contributed by atoms with Crippen LogP contribution in [0.3, 0.4) is 0 Å². The Labute approximate surface area is 262 Å². The molecular weight excluding hydrogens is 792 g/mol. The second kappa shape index (κ2) is 12.3. The Bertz CT molecular complexity index is 1270. The number of unbranched alkanes of at least 4 members (excludes halogenated alkanes) is 1. The van der Waals surface area contributed by atoms with Crippen molar-refractivity contribution in [3.63, 3.8) is 0 Å². The number of Topliss-reactive ketones (excluding diaryl/α,β-unsaturated/α-hetero) is 2. The van der Waals surface area contributed by atoms with Gasteiger partial charge in [0.25, 0.3) is 11.8 Å². The van der Waals surface area contributed by atoms with E-state index in [4.69, 9.17) is 19.1 Å². The standard InChI is InChI=1S/C24H22Br4N4O8/c1-37-17-11(25)7-23(19(33)15(17)27)9-13(31-39-23)21(35)29-5-3-4-6-30-22(36)14-10-24(40-32-14)8-12(26)18(38-2)16(28)20(24)34/h7-8H,3-6,9-10H2,1-2H3,(H,29,35)(H,30,36)/t23-,24-/m1/s1. The molecule has 214 valence electrons. The number of ether oxygens (including phenoxy) is 2. The molecule has 2 aliphatic carbocycles. The van der Waals surface area contributed by atoms with Gasteiger partial charge in [0.05, 0.1) is 36.0 Å². The number of methoxy groups -OCH3 is 2. The number of carbonyl (C=O) groups is 4. The summed E-state index contributed by atoms with van der Waals surface area (Å²) in [5.74, 6) is -1.06. The Morgan fingerprint density at radius 1 is 0.800 bits per heavy atom. The van der Waals surface area contributed by atoms with Crippen molar-refractivity contribution in [2.24, 2.45) is 10.3 Å². The zero-order valence-electron chi connectivity index (χ0n) is 21.1. The van der Waals surface area contributed by atoms with Gasteiger partial charge < -0.3 is 29.8 Å². The van der Waals surface area contributed by atoms with E-state index in [0.29, 0.717) is 46.4 Å². The molecule has 2 N–H and O–H groups in total. The highest BCUT2D eigenvalue weighted by Gasteiger charge is 2.52. The highest BCUT2D eigenvalue weighted by Crippen LogP contribution is 2.42. The predicted octanol–water partition coefficient (Wildman–Crippen LogP) is 3.26. The molecule has 0 bridgehead atoms. The van der Waals surface area contributed by atoms with Gasteiger partial charge in [-0.25, -0.2) is 0 Å². The maximum Gasteiger partial charge on any atom is 0.269 e. The van der Waals surface area contributed by atoms with Crippen molar-refractivity contribution in [2.45, 2.75) is 36.9 Å². The maximum absolute atomic E-state index is 12.8. The van der Waals surface area contributed by atoms with Crippen molar-refractivity contribution in [1.82, 2.24) is 10.6 Å². The Kier molecular flexibility index (Phi) is 9.42. The molecule has 0 saturated heterocycles. The van der Waals surface area contributed by atoms with Gasteiger partial charge >= 0.3 is 0 Å². The molecule has 0 unspecified atom stereocenters. The number of rotatable bonds is 9. The lowest BCUT2D eigenvalue weighted by Crippen LogP contribution is -2.42.